The Morgan fingerprint density at radius 1 is 0.688 bits per heavy atom. The Bertz CT molecular complexity index is 352. The maximum absolute atomic E-state index is 4.24. The van der Waals surface area contributed by atoms with Gasteiger partial charge in [0.15, 0.2) is 0 Å². The first-order valence-corrected chi connectivity index (χ1v) is 6.11. The van der Waals surface area contributed by atoms with Crippen LogP contribution in [0.25, 0.3) is 0 Å². The summed E-state index contributed by atoms with van der Waals surface area (Å²) >= 11 is 0. The van der Waals surface area contributed by atoms with E-state index in [1.165, 1.54) is 10.6 Å². The third kappa shape index (κ3) is 3.98. The molecule has 0 amide bonds. The number of hydrogen-bond acceptors (Lipinski definition) is 0. The first kappa shape index (κ1) is 15.8. The average Bonchev–Trinajstić information content (AvgIpc) is 2.30. The van der Waals surface area contributed by atoms with Gasteiger partial charge in [-0.05, 0) is 0 Å². The van der Waals surface area contributed by atoms with Crippen LogP contribution in [0.4, 0.5) is 0 Å². The predicted octanol–water partition coefficient (Wildman–Crippen LogP) is 3.33. The van der Waals surface area contributed by atoms with E-state index in [2.05, 4.69) is 55.2 Å². The topological polar surface area (TPSA) is 0 Å². The fraction of sp³-hybridized carbons (Fsp3) is 0. The third-order valence-electron chi connectivity index (χ3n) is 2.14. The van der Waals surface area contributed by atoms with Crippen molar-refractivity contribution in [3.05, 3.63) is 67.3 Å². The van der Waals surface area contributed by atoms with Crippen LogP contribution in [-0.4, -0.2) is 0 Å². The standard InChI is InChI=1S/C13H12P.ClH.Zn/c1-14(12-8-4-2-5-9-12)13-10-6-3-7-11-13;;/h2-11H,1H2;1H;/q-1;;. The summed E-state index contributed by atoms with van der Waals surface area (Å²) in [6, 6.07) is 20.9. The zero-order chi connectivity index (χ0) is 9.80. The molecule has 0 spiro atoms. The third-order valence-corrected chi connectivity index (χ3v) is 3.98. The molecule has 0 heterocycles. The molecule has 2 rings (SSSR count). The number of hydrogen-bond donors (Lipinski definition) is 0. The molecule has 0 unspecified atom stereocenters. The predicted molar refractivity (Wildman–Crippen MR) is 71.7 cm³/mol. The first-order valence-electron chi connectivity index (χ1n) is 4.58. The van der Waals surface area contributed by atoms with E-state index in [0.29, 0.717) is 0 Å². The summed E-state index contributed by atoms with van der Waals surface area (Å²) in [7, 11) is -0.421. The Labute approximate surface area is 117 Å². The zero-order valence-corrected chi connectivity index (χ0v) is 13.7. The molecule has 2 aromatic rings. The molecule has 0 aliphatic rings. The van der Waals surface area contributed by atoms with Crippen LogP contribution >= 0.6 is 20.3 Å². The van der Waals surface area contributed by atoms with E-state index in [0.717, 1.165) is 0 Å². The van der Waals surface area contributed by atoms with Gasteiger partial charge in [0.1, 0.15) is 0 Å². The SMILES string of the molecule is Cl.[CH2-]P(c1ccccc1)c1ccccc1.[Zn]. The molecular formula is C13H13ClPZn-. The fourth-order valence-electron chi connectivity index (χ4n) is 1.36. The second-order valence-electron chi connectivity index (χ2n) is 3.10. The number of halogens is 1. The minimum Gasteiger partial charge on any atom is -0.308 e. The molecule has 0 nitrogen and oxygen atoms in total. The minimum atomic E-state index is -0.421. The zero-order valence-electron chi connectivity index (χ0n) is 9.04. The quantitative estimate of drug-likeness (QED) is 0.453. The molecule has 3 heteroatoms. The van der Waals surface area contributed by atoms with E-state index in [4.69, 9.17) is 0 Å². The Balaban J connectivity index is 0.00000112. The molecule has 0 saturated carbocycles. The maximum atomic E-state index is 4.24. The van der Waals surface area contributed by atoms with Gasteiger partial charge in [0.05, 0.1) is 0 Å². The van der Waals surface area contributed by atoms with Crippen LogP contribution in [0, 0.1) is 6.66 Å². The van der Waals surface area contributed by atoms with E-state index in [1.54, 1.807) is 0 Å². The van der Waals surface area contributed by atoms with Crippen LogP contribution in [0.3, 0.4) is 0 Å². The molecular weight excluding hydrogens is 288 g/mol. The summed E-state index contributed by atoms with van der Waals surface area (Å²) in [5.41, 5.74) is 0. The fourth-order valence-corrected chi connectivity index (χ4v) is 2.73. The largest absolute Gasteiger partial charge is 0.308 e. The second kappa shape index (κ2) is 7.96. The van der Waals surface area contributed by atoms with E-state index in [-0.39, 0.29) is 31.9 Å². The van der Waals surface area contributed by atoms with Crippen LogP contribution in [0.15, 0.2) is 60.7 Å². The van der Waals surface area contributed by atoms with Gasteiger partial charge in [-0.25, -0.2) is 7.92 Å². The average molecular weight is 301 g/mol. The molecule has 0 aromatic heterocycles. The van der Waals surface area contributed by atoms with Gasteiger partial charge in [0.25, 0.3) is 0 Å². The molecule has 0 aliphatic heterocycles. The molecule has 0 bridgehead atoms. The Morgan fingerprint density at radius 2 is 1.00 bits per heavy atom. The second-order valence-corrected chi connectivity index (χ2v) is 4.99. The van der Waals surface area contributed by atoms with Crippen molar-refractivity contribution in [1.82, 2.24) is 0 Å². The normalized spacial score (nSPS) is 9.12. The minimum absolute atomic E-state index is 0. The van der Waals surface area contributed by atoms with E-state index in [9.17, 15) is 0 Å². The molecule has 2 aromatic carbocycles. The van der Waals surface area contributed by atoms with Gasteiger partial charge in [-0.15, -0.1) is 12.4 Å². The summed E-state index contributed by atoms with van der Waals surface area (Å²) in [6.45, 7) is 4.24. The summed E-state index contributed by atoms with van der Waals surface area (Å²) in [5.74, 6) is 0. The molecule has 0 radical (unpaired) electrons. The monoisotopic (exact) mass is 299 g/mol. The smallest absolute Gasteiger partial charge is 0 e. The molecule has 0 atom stereocenters. The summed E-state index contributed by atoms with van der Waals surface area (Å²) in [6.07, 6.45) is 0. The molecule has 80 valence electrons. The van der Waals surface area contributed by atoms with Crippen molar-refractivity contribution in [2.24, 2.45) is 0 Å². The van der Waals surface area contributed by atoms with Gasteiger partial charge in [-0.3, -0.25) is 0 Å². The van der Waals surface area contributed by atoms with Crippen molar-refractivity contribution >= 4 is 30.9 Å². The number of benzene rings is 2. The van der Waals surface area contributed by atoms with E-state index in [1.807, 2.05) is 12.1 Å². The van der Waals surface area contributed by atoms with Crippen LogP contribution in [0.1, 0.15) is 0 Å². The van der Waals surface area contributed by atoms with Gasteiger partial charge in [-0.1, -0.05) is 71.3 Å². The van der Waals surface area contributed by atoms with Gasteiger partial charge in [0.2, 0.25) is 0 Å². The van der Waals surface area contributed by atoms with Crippen LogP contribution in [0.2, 0.25) is 0 Å². The summed E-state index contributed by atoms with van der Waals surface area (Å²) < 4.78 is 0. The van der Waals surface area contributed by atoms with Gasteiger partial charge >= 0.3 is 0 Å². The van der Waals surface area contributed by atoms with Crippen LogP contribution < -0.4 is 10.6 Å². The van der Waals surface area contributed by atoms with Crippen molar-refractivity contribution in [1.29, 1.82) is 0 Å². The Morgan fingerprint density at radius 3 is 1.31 bits per heavy atom. The Hall–Kier alpha value is -0.217. The van der Waals surface area contributed by atoms with Gasteiger partial charge in [-0.2, -0.15) is 0 Å². The van der Waals surface area contributed by atoms with Crippen molar-refractivity contribution in [2.45, 2.75) is 0 Å². The molecule has 16 heavy (non-hydrogen) atoms. The van der Waals surface area contributed by atoms with Crippen molar-refractivity contribution in [3.8, 4) is 0 Å². The van der Waals surface area contributed by atoms with Crippen molar-refractivity contribution < 1.29 is 19.5 Å². The van der Waals surface area contributed by atoms with Crippen molar-refractivity contribution in [2.75, 3.05) is 0 Å². The van der Waals surface area contributed by atoms with Gasteiger partial charge in [0, 0.05) is 19.5 Å². The summed E-state index contributed by atoms with van der Waals surface area (Å²) in [4.78, 5) is 0. The molecule has 0 saturated heterocycles. The van der Waals surface area contributed by atoms with E-state index < -0.39 is 7.92 Å². The van der Waals surface area contributed by atoms with Crippen LogP contribution in [-0.2, 0) is 19.5 Å². The van der Waals surface area contributed by atoms with Gasteiger partial charge < -0.3 is 6.66 Å². The van der Waals surface area contributed by atoms with Crippen molar-refractivity contribution in [3.63, 3.8) is 0 Å². The maximum Gasteiger partial charge on any atom is 0 e. The summed E-state index contributed by atoms with van der Waals surface area (Å²) in [5, 5.41) is 2.66. The molecule has 0 fully saturated rings. The molecule has 0 aliphatic carbocycles. The number of rotatable bonds is 2. The van der Waals surface area contributed by atoms with E-state index >= 15 is 0 Å². The molecule has 0 N–H and O–H groups in total. The van der Waals surface area contributed by atoms with Crippen LogP contribution in [0.5, 0.6) is 0 Å². The Kier molecular flexibility index (Phi) is 7.85. The first-order chi connectivity index (χ1) is 6.88.